The Bertz CT molecular complexity index is 1990. The highest BCUT2D eigenvalue weighted by Crippen LogP contribution is 2.45. The SMILES string of the molecule is Brc1cc(Br)c(N=C2SCCSC2=Nc2c(-c3ccccc3)cc(-c3ccccc3)cc2-c2ccccc2)c(-c2ccccc2)c1. The summed E-state index contributed by atoms with van der Waals surface area (Å²) in [6, 6.07) is 51.0. The minimum absolute atomic E-state index is 0.901. The fraction of sp³-hybridized carbons (Fsp3) is 0.0500. The summed E-state index contributed by atoms with van der Waals surface area (Å²) in [6.07, 6.45) is 0. The molecule has 1 heterocycles. The molecule has 6 aromatic carbocycles. The lowest BCUT2D eigenvalue weighted by atomic mass is 9.91. The Morgan fingerprint density at radius 1 is 0.413 bits per heavy atom. The summed E-state index contributed by atoms with van der Waals surface area (Å²) >= 11 is 11.1. The van der Waals surface area contributed by atoms with E-state index in [9.17, 15) is 0 Å². The van der Waals surface area contributed by atoms with Crippen LogP contribution in [0.2, 0.25) is 0 Å². The van der Waals surface area contributed by atoms with Gasteiger partial charge < -0.3 is 0 Å². The molecule has 0 N–H and O–H groups in total. The van der Waals surface area contributed by atoms with Crippen molar-refractivity contribution in [3.05, 3.63) is 155 Å². The van der Waals surface area contributed by atoms with E-state index in [1.165, 1.54) is 5.56 Å². The minimum atomic E-state index is 0.901. The number of rotatable bonds is 6. The normalized spacial score (nSPS) is 14.9. The number of halogens is 2. The van der Waals surface area contributed by atoms with Crippen molar-refractivity contribution in [1.29, 1.82) is 0 Å². The molecular formula is C40H28Br2N2S2. The molecule has 0 radical (unpaired) electrons. The van der Waals surface area contributed by atoms with Crippen molar-refractivity contribution >= 4 is 76.8 Å². The van der Waals surface area contributed by atoms with Crippen molar-refractivity contribution < 1.29 is 0 Å². The number of nitrogens with zero attached hydrogens (tertiary/aromatic N) is 2. The first kappa shape index (κ1) is 30.9. The largest absolute Gasteiger partial charge is 0.238 e. The Hall–Kier alpha value is -3.68. The second-order valence-electron chi connectivity index (χ2n) is 10.7. The van der Waals surface area contributed by atoms with Gasteiger partial charge >= 0.3 is 0 Å². The molecule has 0 amide bonds. The summed E-state index contributed by atoms with van der Waals surface area (Å²) in [7, 11) is 0. The van der Waals surface area contributed by atoms with Crippen molar-refractivity contribution in [3.8, 4) is 44.5 Å². The molecule has 6 aromatic rings. The van der Waals surface area contributed by atoms with Crippen LogP contribution in [-0.4, -0.2) is 21.6 Å². The molecule has 1 aliphatic rings. The molecule has 2 nitrogen and oxygen atoms in total. The van der Waals surface area contributed by atoms with Crippen molar-refractivity contribution in [1.82, 2.24) is 0 Å². The van der Waals surface area contributed by atoms with Crippen LogP contribution in [0.4, 0.5) is 11.4 Å². The van der Waals surface area contributed by atoms with Crippen LogP contribution in [0.25, 0.3) is 44.5 Å². The Morgan fingerprint density at radius 3 is 1.26 bits per heavy atom. The molecule has 7 rings (SSSR count). The van der Waals surface area contributed by atoms with Crippen molar-refractivity contribution in [2.24, 2.45) is 9.98 Å². The lowest BCUT2D eigenvalue weighted by Crippen LogP contribution is -2.14. The van der Waals surface area contributed by atoms with Crippen LogP contribution >= 0.6 is 55.4 Å². The van der Waals surface area contributed by atoms with E-state index < -0.39 is 0 Å². The van der Waals surface area contributed by atoms with Gasteiger partial charge in [0.05, 0.1) is 11.4 Å². The van der Waals surface area contributed by atoms with Crippen LogP contribution in [0, 0.1) is 0 Å². The first-order chi connectivity index (χ1) is 22.6. The average molecular weight is 761 g/mol. The molecule has 46 heavy (non-hydrogen) atoms. The maximum Gasteiger partial charge on any atom is 0.129 e. The maximum absolute atomic E-state index is 5.54. The predicted molar refractivity (Wildman–Crippen MR) is 209 cm³/mol. The lowest BCUT2D eigenvalue weighted by molar-refractivity contribution is 1.46. The van der Waals surface area contributed by atoms with E-state index in [-0.39, 0.29) is 0 Å². The highest BCUT2D eigenvalue weighted by molar-refractivity contribution is 9.11. The van der Waals surface area contributed by atoms with Crippen LogP contribution in [-0.2, 0) is 0 Å². The minimum Gasteiger partial charge on any atom is -0.238 e. The maximum atomic E-state index is 5.54. The number of hydrogen-bond acceptors (Lipinski definition) is 4. The summed E-state index contributed by atoms with van der Waals surface area (Å²) in [5.41, 5.74) is 10.8. The van der Waals surface area contributed by atoms with Crippen molar-refractivity contribution in [2.75, 3.05) is 11.5 Å². The van der Waals surface area contributed by atoms with E-state index in [2.05, 4.69) is 171 Å². The number of aliphatic imine (C=N–C) groups is 2. The lowest BCUT2D eigenvalue weighted by Gasteiger charge is -2.20. The van der Waals surface area contributed by atoms with Gasteiger partial charge in [-0.2, -0.15) is 0 Å². The summed E-state index contributed by atoms with van der Waals surface area (Å²) in [4.78, 5) is 10.9. The molecule has 1 fully saturated rings. The number of thioether (sulfide) groups is 2. The predicted octanol–water partition coefficient (Wildman–Crippen LogP) is 13.1. The fourth-order valence-electron chi connectivity index (χ4n) is 5.51. The monoisotopic (exact) mass is 758 g/mol. The molecular weight excluding hydrogens is 732 g/mol. The zero-order valence-electron chi connectivity index (χ0n) is 24.7. The topological polar surface area (TPSA) is 24.7 Å². The first-order valence-electron chi connectivity index (χ1n) is 15.0. The van der Waals surface area contributed by atoms with E-state index in [0.717, 1.165) is 80.9 Å². The Labute approximate surface area is 295 Å². The number of hydrogen-bond donors (Lipinski definition) is 0. The number of benzene rings is 6. The standard InChI is InChI=1S/C40H28Br2N2S2/c41-32-25-35(30-19-11-4-12-20-30)38(36(42)26-32)44-40-39(45-21-22-46-40)43-37-33(28-15-7-2-8-16-28)23-31(27-13-5-1-6-14-27)24-34(37)29-17-9-3-10-18-29/h1-20,23-26H,21-22H2. The molecule has 0 unspecified atom stereocenters. The Balaban J connectivity index is 1.46. The first-order valence-corrected chi connectivity index (χ1v) is 18.5. The molecule has 0 spiro atoms. The van der Waals surface area contributed by atoms with Gasteiger partial charge in [-0.25, -0.2) is 9.98 Å². The van der Waals surface area contributed by atoms with Gasteiger partial charge in [-0.05, 0) is 68.0 Å². The van der Waals surface area contributed by atoms with Gasteiger partial charge in [0.25, 0.3) is 0 Å². The molecule has 1 aliphatic heterocycles. The summed E-state index contributed by atoms with van der Waals surface area (Å²) in [5.74, 6) is 1.94. The molecule has 1 saturated heterocycles. The van der Waals surface area contributed by atoms with E-state index in [1.807, 2.05) is 6.07 Å². The van der Waals surface area contributed by atoms with Crippen LogP contribution in [0.5, 0.6) is 0 Å². The van der Waals surface area contributed by atoms with Gasteiger partial charge in [-0.1, -0.05) is 137 Å². The third-order valence-corrected chi connectivity index (χ3v) is 11.1. The Morgan fingerprint density at radius 2 is 0.804 bits per heavy atom. The summed E-state index contributed by atoms with van der Waals surface area (Å²) < 4.78 is 1.94. The second kappa shape index (κ2) is 14.4. The fourth-order valence-corrected chi connectivity index (χ4v) is 8.88. The van der Waals surface area contributed by atoms with E-state index in [1.54, 1.807) is 23.5 Å². The van der Waals surface area contributed by atoms with Gasteiger partial charge in [0.1, 0.15) is 10.1 Å². The zero-order chi connectivity index (χ0) is 31.3. The van der Waals surface area contributed by atoms with Gasteiger partial charge in [-0.3, -0.25) is 0 Å². The molecule has 0 bridgehead atoms. The van der Waals surface area contributed by atoms with Crippen LogP contribution < -0.4 is 0 Å². The highest BCUT2D eigenvalue weighted by atomic mass is 79.9. The average Bonchev–Trinajstić information content (AvgIpc) is 3.11. The molecule has 6 heteroatoms. The van der Waals surface area contributed by atoms with Crippen LogP contribution in [0.1, 0.15) is 0 Å². The zero-order valence-corrected chi connectivity index (χ0v) is 29.5. The van der Waals surface area contributed by atoms with Crippen LogP contribution in [0.15, 0.2) is 165 Å². The van der Waals surface area contributed by atoms with E-state index in [4.69, 9.17) is 9.98 Å². The second-order valence-corrected chi connectivity index (χ2v) is 14.6. The van der Waals surface area contributed by atoms with Gasteiger partial charge in [0.15, 0.2) is 0 Å². The molecule has 0 aliphatic carbocycles. The summed E-state index contributed by atoms with van der Waals surface area (Å²) in [6.45, 7) is 0. The third kappa shape index (κ3) is 6.86. The van der Waals surface area contributed by atoms with Crippen molar-refractivity contribution in [3.63, 3.8) is 0 Å². The highest BCUT2D eigenvalue weighted by Gasteiger charge is 2.22. The quantitative estimate of drug-likeness (QED) is 0.169. The van der Waals surface area contributed by atoms with Gasteiger partial charge in [-0.15, -0.1) is 23.5 Å². The molecule has 0 atom stereocenters. The van der Waals surface area contributed by atoms with Gasteiger partial charge in [0, 0.05) is 37.1 Å². The van der Waals surface area contributed by atoms with Gasteiger partial charge in [0.2, 0.25) is 0 Å². The van der Waals surface area contributed by atoms with Crippen molar-refractivity contribution in [2.45, 2.75) is 0 Å². The Kier molecular flexibility index (Phi) is 9.68. The molecule has 0 saturated carbocycles. The smallest absolute Gasteiger partial charge is 0.129 e. The van der Waals surface area contributed by atoms with E-state index >= 15 is 0 Å². The van der Waals surface area contributed by atoms with Crippen LogP contribution in [0.3, 0.4) is 0 Å². The summed E-state index contributed by atoms with van der Waals surface area (Å²) in [5, 5.41) is 1.87. The molecule has 0 aromatic heterocycles. The molecule has 224 valence electrons. The third-order valence-electron chi connectivity index (χ3n) is 7.67. The van der Waals surface area contributed by atoms with E-state index in [0.29, 0.717) is 0 Å².